The lowest BCUT2D eigenvalue weighted by Crippen LogP contribution is -2.01. The van der Waals surface area contributed by atoms with Crippen LogP contribution in [0.2, 0.25) is 0 Å². The number of hydrogen-bond donors (Lipinski definition) is 2. The van der Waals surface area contributed by atoms with Crippen LogP contribution in [0.25, 0.3) is 0 Å². The molecular formula is C13H16N4O. The van der Waals surface area contributed by atoms with Crippen molar-refractivity contribution in [3.8, 4) is 5.75 Å². The fourth-order valence-electron chi connectivity index (χ4n) is 1.53. The van der Waals surface area contributed by atoms with E-state index in [-0.39, 0.29) is 0 Å². The zero-order valence-electron chi connectivity index (χ0n) is 10.5. The van der Waals surface area contributed by atoms with E-state index < -0.39 is 0 Å². The zero-order valence-corrected chi connectivity index (χ0v) is 10.5. The van der Waals surface area contributed by atoms with Gasteiger partial charge in [0.15, 0.2) is 0 Å². The summed E-state index contributed by atoms with van der Waals surface area (Å²) in [6.45, 7) is 2.86. The molecule has 0 spiro atoms. The van der Waals surface area contributed by atoms with Crippen LogP contribution in [0.1, 0.15) is 6.92 Å². The Kier molecular flexibility index (Phi) is 3.96. The lowest BCUT2D eigenvalue weighted by atomic mass is 10.3. The quantitative estimate of drug-likeness (QED) is 0.846. The predicted molar refractivity (Wildman–Crippen MR) is 72.5 cm³/mol. The van der Waals surface area contributed by atoms with Crippen LogP contribution in [-0.2, 0) is 0 Å². The molecule has 1 aromatic carbocycles. The van der Waals surface area contributed by atoms with Crippen molar-refractivity contribution in [2.75, 3.05) is 24.3 Å². The van der Waals surface area contributed by atoms with Crippen molar-refractivity contribution in [3.63, 3.8) is 0 Å². The van der Waals surface area contributed by atoms with Crippen molar-refractivity contribution in [2.45, 2.75) is 6.92 Å². The summed E-state index contributed by atoms with van der Waals surface area (Å²) in [7, 11) is 1.65. The second kappa shape index (κ2) is 5.86. The smallest absolute Gasteiger partial charge is 0.135 e. The summed E-state index contributed by atoms with van der Waals surface area (Å²) in [6, 6.07) is 9.54. The first kappa shape index (κ1) is 12.2. The van der Waals surface area contributed by atoms with Gasteiger partial charge in [-0.1, -0.05) is 0 Å². The summed E-state index contributed by atoms with van der Waals surface area (Å²) in [6.07, 6.45) is 1.53. The first-order valence-corrected chi connectivity index (χ1v) is 5.79. The third-order valence-electron chi connectivity index (χ3n) is 2.39. The number of hydrogen-bond acceptors (Lipinski definition) is 5. The van der Waals surface area contributed by atoms with Crippen LogP contribution < -0.4 is 15.4 Å². The molecular weight excluding hydrogens is 228 g/mol. The number of nitrogens with one attached hydrogen (secondary N) is 2. The highest BCUT2D eigenvalue weighted by molar-refractivity contribution is 5.59. The van der Waals surface area contributed by atoms with Gasteiger partial charge in [0.25, 0.3) is 0 Å². The van der Waals surface area contributed by atoms with Crippen molar-refractivity contribution in [3.05, 3.63) is 36.7 Å². The average Bonchev–Trinajstić information content (AvgIpc) is 2.40. The summed E-state index contributed by atoms with van der Waals surface area (Å²) in [4.78, 5) is 8.28. The number of aromatic nitrogens is 2. The van der Waals surface area contributed by atoms with Crippen LogP contribution in [-0.4, -0.2) is 23.6 Å². The van der Waals surface area contributed by atoms with Crippen molar-refractivity contribution < 1.29 is 4.74 Å². The van der Waals surface area contributed by atoms with E-state index in [0.717, 1.165) is 29.6 Å². The first-order valence-electron chi connectivity index (χ1n) is 5.79. The maximum atomic E-state index is 5.11. The summed E-state index contributed by atoms with van der Waals surface area (Å²) in [5, 5.41) is 6.35. The predicted octanol–water partition coefficient (Wildman–Crippen LogP) is 2.66. The van der Waals surface area contributed by atoms with Crippen LogP contribution >= 0.6 is 0 Å². The molecule has 0 fully saturated rings. The third kappa shape index (κ3) is 3.10. The van der Waals surface area contributed by atoms with Gasteiger partial charge in [0, 0.05) is 18.3 Å². The van der Waals surface area contributed by atoms with Gasteiger partial charge in [0.05, 0.1) is 7.11 Å². The van der Waals surface area contributed by atoms with E-state index in [1.54, 1.807) is 7.11 Å². The first-order chi connectivity index (χ1) is 8.81. The molecule has 2 N–H and O–H groups in total. The number of benzene rings is 1. The van der Waals surface area contributed by atoms with Gasteiger partial charge in [0.1, 0.15) is 23.7 Å². The largest absolute Gasteiger partial charge is 0.497 e. The second-order valence-electron chi connectivity index (χ2n) is 3.67. The molecule has 0 aliphatic rings. The molecule has 0 saturated carbocycles. The van der Waals surface area contributed by atoms with Gasteiger partial charge in [-0.05, 0) is 31.2 Å². The van der Waals surface area contributed by atoms with Crippen LogP contribution in [0.5, 0.6) is 5.75 Å². The molecule has 0 atom stereocenters. The van der Waals surface area contributed by atoms with Gasteiger partial charge in [0.2, 0.25) is 0 Å². The van der Waals surface area contributed by atoms with Crippen molar-refractivity contribution in [1.29, 1.82) is 0 Å². The van der Waals surface area contributed by atoms with Crippen molar-refractivity contribution >= 4 is 17.3 Å². The normalized spacial score (nSPS) is 9.89. The lowest BCUT2D eigenvalue weighted by Gasteiger charge is -2.08. The minimum Gasteiger partial charge on any atom is -0.497 e. The molecule has 0 radical (unpaired) electrons. The molecule has 0 amide bonds. The standard InChI is InChI=1S/C13H16N4O/c1-3-14-12-8-13(16-9-15-12)17-10-4-6-11(18-2)7-5-10/h4-9H,3H2,1-2H3,(H2,14,15,16,17). The van der Waals surface area contributed by atoms with E-state index in [0.29, 0.717) is 0 Å². The van der Waals surface area contributed by atoms with E-state index >= 15 is 0 Å². The maximum Gasteiger partial charge on any atom is 0.135 e. The van der Waals surface area contributed by atoms with E-state index in [1.807, 2.05) is 37.3 Å². The summed E-state index contributed by atoms with van der Waals surface area (Å²) < 4.78 is 5.11. The lowest BCUT2D eigenvalue weighted by molar-refractivity contribution is 0.415. The van der Waals surface area contributed by atoms with E-state index in [4.69, 9.17) is 4.74 Å². The number of rotatable bonds is 5. The van der Waals surface area contributed by atoms with Gasteiger partial charge in [-0.15, -0.1) is 0 Å². The Hall–Kier alpha value is -2.30. The highest BCUT2D eigenvalue weighted by Gasteiger charge is 1.99. The summed E-state index contributed by atoms with van der Waals surface area (Å²) in [5.41, 5.74) is 0.956. The fourth-order valence-corrected chi connectivity index (χ4v) is 1.53. The van der Waals surface area contributed by atoms with Gasteiger partial charge in [-0.25, -0.2) is 9.97 Å². The molecule has 1 aromatic heterocycles. The Balaban J connectivity index is 2.09. The molecule has 0 unspecified atom stereocenters. The monoisotopic (exact) mass is 244 g/mol. The Morgan fingerprint density at radius 2 is 1.83 bits per heavy atom. The van der Waals surface area contributed by atoms with Crippen LogP contribution in [0.15, 0.2) is 36.7 Å². The minimum absolute atomic E-state index is 0.756. The fraction of sp³-hybridized carbons (Fsp3) is 0.231. The Morgan fingerprint density at radius 1 is 1.11 bits per heavy atom. The van der Waals surface area contributed by atoms with Crippen molar-refractivity contribution in [1.82, 2.24) is 9.97 Å². The molecule has 1 heterocycles. The molecule has 18 heavy (non-hydrogen) atoms. The number of anilines is 3. The Morgan fingerprint density at radius 3 is 2.50 bits per heavy atom. The molecule has 5 nitrogen and oxygen atoms in total. The summed E-state index contributed by atoms with van der Waals surface area (Å²) in [5.74, 6) is 2.39. The summed E-state index contributed by atoms with van der Waals surface area (Å²) >= 11 is 0. The number of methoxy groups -OCH3 is 1. The number of nitrogens with zero attached hydrogens (tertiary/aromatic N) is 2. The molecule has 0 saturated heterocycles. The highest BCUT2D eigenvalue weighted by Crippen LogP contribution is 2.19. The van der Waals surface area contributed by atoms with Crippen LogP contribution in [0, 0.1) is 0 Å². The Labute approximate surface area is 106 Å². The van der Waals surface area contributed by atoms with Gasteiger partial charge >= 0.3 is 0 Å². The molecule has 0 bridgehead atoms. The van der Waals surface area contributed by atoms with E-state index in [2.05, 4.69) is 20.6 Å². The molecule has 0 aliphatic carbocycles. The molecule has 5 heteroatoms. The van der Waals surface area contributed by atoms with E-state index in [9.17, 15) is 0 Å². The van der Waals surface area contributed by atoms with Gasteiger partial charge in [-0.3, -0.25) is 0 Å². The average molecular weight is 244 g/mol. The van der Waals surface area contributed by atoms with Crippen molar-refractivity contribution in [2.24, 2.45) is 0 Å². The topological polar surface area (TPSA) is 59.1 Å². The number of ether oxygens (including phenoxy) is 1. The minimum atomic E-state index is 0.756. The molecule has 0 aliphatic heterocycles. The third-order valence-corrected chi connectivity index (χ3v) is 2.39. The van der Waals surface area contributed by atoms with Crippen LogP contribution in [0.3, 0.4) is 0 Å². The van der Waals surface area contributed by atoms with Gasteiger partial charge in [-0.2, -0.15) is 0 Å². The van der Waals surface area contributed by atoms with Crippen LogP contribution in [0.4, 0.5) is 17.3 Å². The molecule has 94 valence electrons. The SMILES string of the molecule is CCNc1cc(Nc2ccc(OC)cc2)ncn1. The van der Waals surface area contributed by atoms with E-state index in [1.165, 1.54) is 6.33 Å². The zero-order chi connectivity index (χ0) is 12.8. The van der Waals surface area contributed by atoms with Gasteiger partial charge < -0.3 is 15.4 Å². The second-order valence-corrected chi connectivity index (χ2v) is 3.67. The molecule has 2 aromatic rings. The highest BCUT2D eigenvalue weighted by atomic mass is 16.5. The molecule has 2 rings (SSSR count). The maximum absolute atomic E-state index is 5.11. The Bertz CT molecular complexity index is 499.